The third kappa shape index (κ3) is 3.92. The lowest BCUT2D eigenvalue weighted by molar-refractivity contribution is 0.0947. The molecule has 0 atom stereocenters. The lowest BCUT2D eigenvalue weighted by atomic mass is 10.2. The smallest absolute Gasteiger partial charge is 0.252 e. The molecular weight excluding hydrogens is 300 g/mol. The van der Waals surface area contributed by atoms with Gasteiger partial charge >= 0.3 is 0 Å². The van der Waals surface area contributed by atoms with Crippen molar-refractivity contribution in [1.82, 2.24) is 10.3 Å². The molecule has 2 aromatic rings. The minimum atomic E-state index is -3.45. The summed E-state index contributed by atoms with van der Waals surface area (Å²) in [5.74, 6) is -0.390. The van der Waals surface area contributed by atoms with Gasteiger partial charge in [0.05, 0.1) is 28.5 Å². The molecule has 1 N–H and O–H groups in total. The molecule has 1 heterocycles. The number of amides is 1. The number of nitrogens with one attached hydrogen (secondary N) is 1. The molecule has 5 nitrogen and oxygen atoms in total. The molecule has 0 radical (unpaired) electrons. The number of pyridine rings is 1. The van der Waals surface area contributed by atoms with Crippen molar-refractivity contribution in [3.8, 4) is 0 Å². The Morgan fingerprint density at radius 2 is 1.86 bits per heavy atom. The summed E-state index contributed by atoms with van der Waals surface area (Å²) in [5, 5.41) is 2.70. The number of sulfone groups is 1. The fourth-order valence-electron chi connectivity index (χ4n) is 2.07. The van der Waals surface area contributed by atoms with Crippen LogP contribution < -0.4 is 5.32 Å². The van der Waals surface area contributed by atoms with Crippen LogP contribution in [0.3, 0.4) is 0 Å². The van der Waals surface area contributed by atoms with Gasteiger partial charge in [0.2, 0.25) is 0 Å². The quantitative estimate of drug-likeness (QED) is 0.886. The summed E-state index contributed by atoms with van der Waals surface area (Å²) in [7, 11) is -3.45. The lowest BCUT2D eigenvalue weighted by Crippen LogP contribution is -2.25. The summed E-state index contributed by atoms with van der Waals surface area (Å²) in [6.07, 6.45) is 2.15. The van der Waals surface area contributed by atoms with Crippen LogP contribution >= 0.6 is 0 Å². The van der Waals surface area contributed by atoms with Crippen molar-refractivity contribution in [1.29, 1.82) is 0 Å². The van der Waals surface area contributed by atoms with E-state index in [9.17, 15) is 13.2 Å². The molecule has 0 bridgehead atoms. The van der Waals surface area contributed by atoms with Crippen LogP contribution in [0.5, 0.6) is 0 Å². The molecule has 1 amide bonds. The van der Waals surface area contributed by atoms with Crippen molar-refractivity contribution in [3.05, 3.63) is 59.9 Å². The maximum absolute atomic E-state index is 12.3. The van der Waals surface area contributed by atoms with Crippen LogP contribution in [0.1, 0.15) is 29.4 Å². The first-order valence-corrected chi connectivity index (χ1v) is 8.69. The zero-order valence-corrected chi connectivity index (χ0v) is 13.1. The summed E-state index contributed by atoms with van der Waals surface area (Å²) in [6.45, 7) is 2.04. The van der Waals surface area contributed by atoms with Crippen LogP contribution in [0.4, 0.5) is 0 Å². The molecule has 0 unspecified atom stereocenters. The van der Waals surface area contributed by atoms with Crippen LogP contribution in [0.2, 0.25) is 0 Å². The molecule has 0 spiro atoms. The second-order valence-electron chi connectivity index (χ2n) is 4.82. The number of hydrogen-bond donors (Lipinski definition) is 1. The highest BCUT2D eigenvalue weighted by Gasteiger charge is 2.21. The van der Waals surface area contributed by atoms with E-state index < -0.39 is 15.7 Å². The van der Waals surface area contributed by atoms with Crippen LogP contribution in [-0.2, 0) is 16.4 Å². The van der Waals surface area contributed by atoms with E-state index in [1.54, 1.807) is 37.4 Å². The van der Waals surface area contributed by atoms with Gasteiger partial charge in [-0.05, 0) is 30.7 Å². The predicted molar refractivity (Wildman–Crippen MR) is 84.2 cm³/mol. The molecule has 6 heteroatoms. The van der Waals surface area contributed by atoms with E-state index in [0.29, 0.717) is 12.1 Å². The van der Waals surface area contributed by atoms with Gasteiger partial charge in [0.1, 0.15) is 0 Å². The second kappa shape index (κ2) is 7.17. The van der Waals surface area contributed by atoms with E-state index in [-0.39, 0.29) is 22.8 Å². The molecule has 0 saturated heterocycles. The van der Waals surface area contributed by atoms with Gasteiger partial charge in [-0.3, -0.25) is 9.78 Å². The second-order valence-corrected chi connectivity index (χ2v) is 6.90. The Balaban J connectivity index is 2.20. The molecule has 22 heavy (non-hydrogen) atoms. The third-order valence-electron chi connectivity index (χ3n) is 3.10. The van der Waals surface area contributed by atoms with E-state index in [2.05, 4.69) is 10.3 Å². The van der Waals surface area contributed by atoms with Gasteiger partial charge in [0.15, 0.2) is 9.84 Å². The van der Waals surface area contributed by atoms with E-state index in [0.717, 1.165) is 0 Å². The van der Waals surface area contributed by atoms with Gasteiger partial charge in [0, 0.05) is 6.20 Å². The highest BCUT2D eigenvalue weighted by molar-refractivity contribution is 7.91. The van der Waals surface area contributed by atoms with Crippen molar-refractivity contribution < 1.29 is 13.2 Å². The Labute approximate surface area is 130 Å². The maximum Gasteiger partial charge on any atom is 0.252 e. The average molecular weight is 318 g/mol. The molecule has 0 fully saturated rings. The van der Waals surface area contributed by atoms with Crippen LogP contribution in [0.15, 0.2) is 53.6 Å². The number of benzene rings is 1. The van der Waals surface area contributed by atoms with E-state index in [4.69, 9.17) is 0 Å². The average Bonchev–Trinajstić information content (AvgIpc) is 2.53. The number of hydrogen-bond acceptors (Lipinski definition) is 4. The van der Waals surface area contributed by atoms with Gasteiger partial charge in [-0.25, -0.2) is 8.42 Å². The largest absolute Gasteiger partial charge is 0.346 e. The van der Waals surface area contributed by atoms with Crippen LogP contribution in [-0.4, -0.2) is 25.1 Å². The topological polar surface area (TPSA) is 76.1 Å². The monoisotopic (exact) mass is 318 g/mol. The van der Waals surface area contributed by atoms with Crippen molar-refractivity contribution in [3.63, 3.8) is 0 Å². The zero-order chi connectivity index (χ0) is 16.0. The highest BCUT2D eigenvalue weighted by atomic mass is 32.2. The maximum atomic E-state index is 12.3. The lowest BCUT2D eigenvalue weighted by Gasteiger charge is -2.10. The summed E-state index contributed by atoms with van der Waals surface area (Å²) in [4.78, 5) is 16.5. The summed E-state index contributed by atoms with van der Waals surface area (Å²) in [6, 6.07) is 11.7. The summed E-state index contributed by atoms with van der Waals surface area (Å²) in [5.41, 5.74) is 0.886. The van der Waals surface area contributed by atoms with E-state index in [1.165, 1.54) is 12.1 Å². The van der Waals surface area contributed by atoms with Crippen molar-refractivity contribution in [2.75, 3.05) is 5.75 Å². The molecule has 1 aromatic heterocycles. The fraction of sp³-hybridized carbons (Fsp3) is 0.250. The standard InChI is InChI=1S/C16H18N2O3S/c1-2-11-22(20,21)15-9-4-3-8-14(15)16(19)18-12-13-7-5-6-10-17-13/h3-10H,2,11-12H2,1H3,(H,18,19). The Hall–Kier alpha value is -2.21. The number of nitrogens with zero attached hydrogens (tertiary/aromatic N) is 1. The molecule has 1 aromatic carbocycles. The fourth-order valence-corrected chi connectivity index (χ4v) is 3.61. The molecule has 0 aliphatic heterocycles. The number of rotatable bonds is 6. The Bertz CT molecular complexity index is 743. The van der Waals surface area contributed by atoms with Gasteiger partial charge in [0.25, 0.3) is 5.91 Å². The number of carbonyl (C=O) groups is 1. The molecule has 116 valence electrons. The first kappa shape index (κ1) is 16.2. The van der Waals surface area contributed by atoms with Crippen molar-refractivity contribution in [2.45, 2.75) is 24.8 Å². The summed E-state index contributed by atoms with van der Waals surface area (Å²) < 4.78 is 24.5. The van der Waals surface area contributed by atoms with Gasteiger partial charge in [-0.1, -0.05) is 25.1 Å². The van der Waals surface area contributed by atoms with Gasteiger partial charge < -0.3 is 5.32 Å². The van der Waals surface area contributed by atoms with Gasteiger partial charge in [-0.15, -0.1) is 0 Å². The Morgan fingerprint density at radius 3 is 2.55 bits per heavy atom. The first-order valence-electron chi connectivity index (χ1n) is 7.04. The van der Waals surface area contributed by atoms with Crippen LogP contribution in [0, 0.1) is 0 Å². The molecule has 0 saturated carbocycles. The summed E-state index contributed by atoms with van der Waals surface area (Å²) >= 11 is 0. The normalized spacial score (nSPS) is 11.1. The minimum absolute atomic E-state index is 0.0253. The van der Waals surface area contributed by atoms with E-state index >= 15 is 0 Å². The predicted octanol–water partition coefficient (Wildman–Crippen LogP) is 2.20. The minimum Gasteiger partial charge on any atom is -0.346 e. The molecule has 2 rings (SSSR count). The number of carbonyl (C=O) groups excluding carboxylic acids is 1. The molecular formula is C16H18N2O3S. The van der Waals surface area contributed by atoms with Crippen molar-refractivity contribution >= 4 is 15.7 Å². The first-order chi connectivity index (χ1) is 10.5. The Kier molecular flexibility index (Phi) is 5.27. The SMILES string of the molecule is CCCS(=O)(=O)c1ccccc1C(=O)NCc1ccccn1. The Morgan fingerprint density at radius 1 is 1.14 bits per heavy atom. The van der Waals surface area contributed by atoms with Gasteiger partial charge in [-0.2, -0.15) is 0 Å². The third-order valence-corrected chi connectivity index (χ3v) is 5.07. The molecule has 0 aliphatic carbocycles. The van der Waals surface area contributed by atoms with Crippen molar-refractivity contribution in [2.24, 2.45) is 0 Å². The highest BCUT2D eigenvalue weighted by Crippen LogP contribution is 2.17. The van der Waals surface area contributed by atoms with E-state index in [1.807, 2.05) is 6.07 Å². The van der Waals surface area contributed by atoms with Crippen LogP contribution in [0.25, 0.3) is 0 Å². The zero-order valence-electron chi connectivity index (χ0n) is 12.3. The number of aromatic nitrogens is 1. The molecule has 0 aliphatic rings.